The Morgan fingerprint density at radius 1 is 1.26 bits per heavy atom. The van der Waals surface area contributed by atoms with E-state index in [1.165, 1.54) is 23.8 Å². The van der Waals surface area contributed by atoms with Gasteiger partial charge in [-0.05, 0) is 37.5 Å². The molecular formula is C18H19ClFNO2. The number of aryl methyl sites for hydroxylation is 1. The third kappa shape index (κ3) is 5.91. The molecule has 0 aromatic heterocycles. The Hall–Kier alpha value is -2.07. The van der Waals surface area contributed by atoms with Gasteiger partial charge in [0.15, 0.2) is 6.61 Å². The highest BCUT2D eigenvalue weighted by atomic mass is 35.5. The molecule has 2 aromatic rings. The Balaban J connectivity index is 1.72. The molecule has 1 N–H and O–H groups in total. The highest BCUT2D eigenvalue weighted by Gasteiger charge is 2.09. The van der Waals surface area contributed by atoms with Crippen LogP contribution in [0.1, 0.15) is 18.9 Å². The van der Waals surface area contributed by atoms with E-state index < -0.39 is 5.82 Å². The molecule has 0 aliphatic rings. The number of carbonyl (C=O) groups is 1. The molecule has 0 heterocycles. The molecule has 23 heavy (non-hydrogen) atoms. The van der Waals surface area contributed by atoms with E-state index in [0.717, 1.165) is 12.8 Å². The minimum atomic E-state index is -0.516. The third-order valence-corrected chi connectivity index (χ3v) is 3.67. The number of rotatable bonds is 7. The number of halogens is 2. The summed E-state index contributed by atoms with van der Waals surface area (Å²) in [5.41, 5.74) is 1.24. The van der Waals surface area contributed by atoms with Crippen LogP contribution in [-0.4, -0.2) is 18.6 Å². The molecule has 1 atom stereocenters. The lowest BCUT2D eigenvalue weighted by molar-refractivity contribution is -0.123. The minimum absolute atomic E-state index is 0.0286. The second kappa shape index (κ2) is 8.53. The number of carbonyl (C=O) groups excluding carboxylic acids is 1. The van der Waals surface area contributed by atoms with Crippen LogP contribution in [0.3, 0.4) is 0 Å². The molecule has 0 bridgehead atoms. The number of ether oxygens (including phenoxy) is 1. The molecule has 5 heteroatoms. The topological polar surface area (TPSA) is 38.3 Å². The van der Waals surface area contributed by atoms with Crippen molar-refractivity contribution in [1.29, 1.82) is 0 Å². The van der Waals surface area contributed by atoms with Gasteiger partial charge < -0.3 is 10.1 Å². The van der Waals surface area contributed by atoms with Crippen molar-refractivity contribution in [2.75, 3.05) is 6.61 Å². The van der Waals surface area contributed by atoms with E-state index in [1.807, 2.05) is 25.1 Å². The number of hydrogen-bond donors (Lipinski definition) is 1. The summed E-state index contributed by atoms with van der Waals surface area (Å²) in [7, 11) is 0. The fraction of sp³-hybridized carbons (Fsp3) is 0.278. The Kier molecular flexibility index (Phi) is 6.41. The summed E-state index contributed by atoms with van der Waals surface area (Å²) in [5, 5.41) is 2.85. The van der Waals surface area contributed by atoms with Crippen LogP contribution in [0.5, 0.6) is 5.75 Å². The van der Waals surface area contributed by atoms with Gasteiger partial charge in [0.25, 0.3) is 5.91 Å². The van der Waals surface area contributed by atoms with Gasteiger partial charge in [0.1, 0.15) is 11.6 Å². The molecule has 0 saturated heterocycles. The molecule has 1 amide bonds. The molecule has 0 aliphatic heterocycles. The van der Waals surface area contributed by atoms with Crippen molar-refractivity contribution in [2.45, 2.75) is 25.8 Å². The molecule has 2 rings (SSSR count). The number of benzene rings is 2. The predicted octanol–water partition coefficient (Wildman–Crippen LogP) is 4.00. The van der Waals surface area contributed by atoms with Crippen molar-refractivity contribution in [3.63, 3.8) is 0 Å². The van der Waals surface area contributed by atoms with E-state index in [2.05, 4.69) is 17.4 Å². The van der Waals surface area contributed by atoms with Crippen LogP contribution in [0.15, 0.2) is 48.5 Å². The fourth-order valence-electron chi connectivity index (χ4n) is 2.13. The maximum absolute atomic E-state index is 13.0. The minimum Gasteiger partial charge on any atom is -0.484 e. The molecule has 0 spiro atoms. The monoisotopic (exact) mass is 335 g/mol. The van der Waals surface area contributed by atoms with Crippen molar-refractivity contribution in [3.8, 4) is 5.75 Å². The largest absolute Gasteiger partial charge is 0.484 e. The highest BCUT2D eigenvalue weighted by Crippen LogP contribution is 2.20. The Labute approximate surface area is 140 Å². The van der Waals surface area contributed by atoms with Crippen LogP contribution in [-0.2, 0) is 11.2 Å². The quantitative estimate of drug-likeness (QED) is 0.830. The first kappa shape index (κ1) is 17.3. The summed E-state index contributed by atoms with van der Waals surface area (Å²) in [4.78, 5) is 11.8. The van der Waals surface area contributed by atoms with Crippen molar-refractivity contribution in [3.05, 3.63) is 64.9 Å². The van der Waals surface area contributed by atoms with Crippen LogP contribution in [0.25, 0.3) is 0 Å². The molecule has 0 aliphatic carbocycles. The second-order valence-electron chi connectivity index (χ2n) is 5.36. The summed E-state index contributed by atoms with van der Waals surface area (Å²) >= 11 is 5.66. The second-order valence-corrected chi connectivity index (χ2v) is 5.76. The molecule has 1 unspecified atom stereocenters. The van der Waals surface area contributed by atoms with Gasteiger partial charge in [-0.2, -0.15) is 0 Å². The summed E-state index contributed by atoms with van der Waals surface area (Å²) in [6.07, 6.45) is 1.74. The average molecular weight is 336 g/mol. The van der Waals surface area contributed by atoms with E-state index in [9.17, 15) is 9.18 Å². The Morgan fingerprint density at radius 3 is 2.70 bits per heavy atom. The van der Waals surface area contributed by atoms with Gasteiger partial charge >= 0.3 is 0 Å². The lowest BCUT2D eigenvalue weighted by atomic mass is 10.1. The van der Waals surface area contributed by atoms with E-state index in [0.29, 0.717) is 5.75 Å². The maximum atomic E-state index is 13.0. The first-order chi connectivity index (χ1) is 11.0. The van der Waals surface area contributed by atoms with Gasteiger partial charge in [-0.25, -0.2) is 4.39 Å². The highest BCUT2D eigenvalue weighted by molar-refractivity contribution is 6.30. The lowest BCUT2D eigenvalue weighted by Crippen LogP contribution is -2.36. The van der Waals surface area contributed by atoms with Gasteiger partial charge in [0, 0.05) is 12.1 Å². The zero-order chi connectivity index (χ0) is 16.7. The van der Waals surface area contributed by atoms with Crippen LogP contribution >= 0.6 is 11.6 Å². The van der Waals surface area contributed by atoms with Gasteiger partial charge in [0.2, 0.25) is 0 Å². The molecule has 0 saturated carbocycles. The SMILES string of the molecule is CC(CCc1ccccc1)NC(=O)COc1ccc(F)c(Cl)c1. The van der Waals surface area contributed by atoms with Crippen molar-refractivity contribution < 1.29 is 13.9 Å². The number of nitrogens with one attached hydrogen (secondary N) is 1. The van der Waals surface area contributed by atoms with Crippen LogP contribution < -0.4 is 10.1 Å². The van der Waals surface area contributed by atoms with E-state index in [1.54, 1.807) is 0 Å². The summed E-state index contributed by atoms with van der Waals surface area (Å²) in [5.74, 6) is -0.368. The van der Waals surface area contributed by atoms with Crippen LogP contribution in [0.2, 0.25) is 5.02 Å². The molecule has 122 valence electrons. The Morgan fingerprint density at radius 2 is 2.00 bits per heavy atom. The van der Waals surface area contributed by atoms with Crippen molar-refractivity contribution >= 4 is 17.5 Å². The van der Waals surface area contributed by atoms with Crippen molar-refractivity contribution in [1.82, 2.24) is 5.32 Å². The molecule has 0 radical (unpaired) electrons. The zero-order valence-electron chi connectivity index (χ0n) is 12.9. The maximum Gasteiger partial charge on any atom is 0.258 e. The smallest absolute Gasteiger partial charge is 0.258 e. The van der Waals surface area contributed by atoms with Gasteiger partial charge in [0.05, 0.1) is 5.02 Å². The van der Waals surface area contributed by atoms with E-state index >= 15 is 0 Å². The molecule has 2 aromatic carbocycles. The standard InChI is InChI=1S/C18H19ClFNO2/c1-13(7-8-14-5-3-2-4-6-14)21-18(22)12-23-15-9-10-17(20)16(19)11-15/h2-6,9-11,13H,7-8,12H2,1H3,(H,21,22). The first-order valence-corrected chi connectivity index (χ1v) is 7.83. The van der Waals surface area contributed by atoms with Crippen LogP contribution in [0, 0.1) is 5.82 Å². The third-order valence-electron chi connectivity index (χ3n) is 3.38. The van der Waals surface area contributed by atoms with Gasteiger partial charge in [-0.1, -0.05) is 41.9 Å². The lowest BCUT2D eigenvalue weighted by Gasteiger charge is -2.14. The Bertz CT molecular complexity index is 649. The number of amides is 1. The summed E-state index contributed by atoms with van der Waals surface area (Å²) in [6, 6.07) is 14.2. The van der Waals surface area contributed by atoms with Gasteiger partial charge in [-0.3, -0.25) is 4.79 Å². The summed E-state index contributed by atoms with van der Waals surface area (Å²) in [6.45, 7) is 1.83. The predicted molar refractivity (Wildman–Crippen MR) is 89.3 cm³/mol. The van der Waals surface area contributed by atoms with E-state index in [4.69, 9.17) is 16.3 Å². The molecule has 3 nitrogen and oxygen atoms in total. The molecule has 0 fully saturated rings. The first-order valence-electron chi connectivity index (χ1n) is 7.45. The molecular weight excluding hydrogens is 317 g/mol. The number of hydrogen-bond acceptors (Lipinski definition) is 2. The van der Waals surface area contributed by atoms with Crippen LogP contribution in [0.4, 0.5) is 4.39 Å². The average Bonchev–Trinajstić information content (AvgIpc) is 2.55. The van der Waals surface area contributed by atoms with E-state index in [-0.39, 0.29) is 23.6 Å². The van der Waals surface area contributed by atoms with Crippen molar-refractivity contribution in [2.24, 2.45) is 0 Å². The zero-order valence-corrected chi connectivity index (χ0v) is 13.6. The summed E-state index contributed by atoms with van der Waals surface area (Å²) < 4.78 is 18.3. The van der Waals surface area contributed by atoms with Gasteiger partial charge in [-0.15, -0.1) is 0 Å². The fourth-order valence-corrected chi connectivity index (χ4v) is 2.30. The normalized spacial score (nSPS) is 11.8.